The van der Waals surface area contributed by atoms with Crippen LogP contribution in [0.4, 0.5) is 5.69 Å². The number of hydrogen-bond acceptors (Lipinski definition) is 3. The predicted molar refractivity (Wildman–Crippen MR) is 111 cm³/mol. The normalized spacial score (nSPS) is 17.8. The van der Waals surface area contributed by atoms with E-state index in [9.17, 15) is 14.4 Å². The number of anilines is 1. The first-order valence-electron chi connectivity index (χ1n) is 9.90. The number of para-hydroxylation sites is 1. The third kappa shape index (κ3) is 5.81. The molecule has 2 N–H and O–H groups in total. The fourth-order valence-electron chi connectivity index (χ4n) is 3.28. The van der Waals surface area contributed by atoms with Crippen LogP contribution in [0.5, 0.6) is 0 Å². The van der Waals surface area contributed by atoms with Crippen LogP contribution in [-0.4, -0.2) is 41.2 Å². The highest BCUT2D eigenvalue weighted by molar-refractivity contribution is 6.04. The minimum absolute atomic E-state index is 0.0648. The molecule has 6 nitrogen and oxygen atoms in total. The topological polar surface area (TPSA) is 78.5 Å². The molecule has 3 amide bonds. The Balaban J connectivity index is 2.11. The first-order valence-corrected chi connectivity index (χ1v) is 9.90. The Bertz CT molecular complexity index is 744. The first kappa shape index (κ1) is 21.9. The van der Waals surface area contributed by atoms with Crippen LogP contribution in [0, 0.1) is 11.3 Å². The number of piperidine rings is 1. The average molecular weight is 388 g/mol. The second kappa shape index (κ2) is 8.33. The summed E-state index contributed by atoms with van der Waals surface area (Å²) in [6.45, 7) is 12.5. The fraction of sp³-hybridized carbons (Fsp3) is 0.591. The van der Waals surface area contributed by atoms with E-state index in [1.807, 2.05) is 41.5 Å². The van der Waals surface area contributed by atoms with Crippen molar-refractivity contribution in [3.63, 3.8) is 0 Å². The molecule has 154 valence electrons. The van der Waals surface area contributed by atoms with Crippen LogP contribution in [0.15, 0.2) is 24.3 Å². The van der Waals surface area contributed by atoms with Crippen LogP contribution >= 0.6 is 0 Å². The molecule has 0 bridgehead atoms. The Morgan fingerprint density at radius 1 is 1.04 bits per heavy atom. The van der Waals surface area contributed by atoms with Crippen LogP contribution in [0.3, 0.4) is 0 Å². The molecule has 1 fully saturated rings. The van der Waals surface area contributed by atoms with Crippen LogP contribution < -0.4 is 10.6 Å². The summed E-state index contributed by atoms with van der Waals surface area (Å²) in [4.78, 5) is 39.8. The zero-order valence-corrected chi connectivity index (χ0v) is 17.9. The van der Waals surface area contributed by atoms with Crippen molar-refractivity contribution < 1.29 is 14.4 Å². The number of amides is 3. The summed E-state index contributed by atoms with van der Waals surface area (Å²) >= 11 is 0. The average Bonchev–Trinajstić information content (AvgIpc) is 2.59. The van der Waals surface area contributed by atoms with Gasteiger partial charge in [0.1, 0.15) is 0 Å². The molecule has 6 heteroatoms. The molecule has 1 heterocycles. The molecule has 28 heavy (non-hydrogen) atoms. The van der Waals surface area contributed by atoms with Crippen molar-refractivity contribution in [2.75, 3.05) is 18.4 Å². The van der Waals surface area contributed by atoms with E-state index in [1.54, 1.807) is 29.2 Å². The van der Waals surface area contributed by atoms with Gasteiger partial charge in [-0.3, -0.25) is 14.4 Å². The number of carbonyl (C=O) groups is 3. The lowest BCUT2D eigenvalue weighted by Gasteiger charge is -2.36. The summed E-state index contributed by atoms with van der Waals surface area (Å²) in [6.07, 6.45) is 1.53. The van der Waals surface area contributed by atoms with E-state index in [4.69, 9.17) is 0 Å². The van der Waals surface area contributed by atoms with Crippen LogP contribution in [0.25, 0.3) is 0 Å². The number of rotatable bonds is 3. The van der Waals surface area contributed by atoms with E-state index >= 15 is 0 Å². The number of nitrogens with zero attached hydrogens (tertiary/aromatic N) is 1. The largest absolute Gasteiger partial charge is 0.347 e. The summed E-state index contributed by atoms with van der Waals surface area (Å²) in [5, 5.41) is 5.83. The minimum Gasteiger partial charge on any atom is -0.347 e. The van der Waals surface area contributed by atoms with E-state index in [0.717, 1.165) is 12.8 Å². The van der Waals surface area contributed by atoms with Gasteiger partial charge in [0.25, 0.3) is 5.91 Å². The summed E-state index contributed by atoms with van der Waals surface area (Å²) in [7, 11) is 0. The molecule has 0 saturated carbocycles. The third-order valence-corrected chi connectivity index (χ3v) is 4.64. The van der Waals surface area contributed by atoms with Crippen molar-refractivity contribution in [1.82, 2.24) is 10.2 Å². The van der Waals surface area contributed by atoms with Crippen molar-refractivity contribution in [3.05, 3.63) is 29.8 Å². The monoisotopic (exact) mass is 387 g/mol. The maximum atomic E-state index is 12.9. The van der Waals surface area contributed by atoms with Gasteiger partial charge in [0.15, 0.2) is 0 Å². The van der Waals surface area contributed by atoms with Crippen molar-refractivity contribution in [2.45, 2.75) is 59.9 Å². The Morgan fingerprint density at radius 2 is 1.68 bits per heavy atom. The molecule has 0 radical (unpaired) electrons. The van der Waals surface area contributed by atoms with Gasteiger partial charge < -0.3 is 15.5 Å². The summed E-state index contributed by atoms with van der Waals surface area (Å²) in [5.74, 6) is -0.590. The molecular formula is C22H33N3O3. The molecule has 1 aliphatic rings. The molecule has 0 aromatic heterocycles. The van der Waals surface area contributed by atoms with Gasteiger partial charge in [-0.15, -0.1) is 0 Å². The van der Waals surface area contributed by atoms with E-state index in [2.05, 4.69) is 10.6 Å². The molecule has 1 aromatic rings. The van der Waals surface area contributed by atoms with Crippen molar-refractivity contribution in [2.24, 2.45) is 11.3 Å². The number of hydrogen-bond donors (Lipinski definition) is 2. The third-order valence-electron chi connectivity index (χ3n) is 4.64. The maximum Gasteiger partial charge on any atom is 0.253 e. The van der Waals surface area contributed by atoms with Crippen LogP contribution in [0.2, 0.25) is 0 Å². The Kier molecular flexibility index (Phi) is 6.52. The summed E-state index contributed by atoms with van der Waals surface area (Å²) < 4.78 is 0. The second-order valence-electron chi connectivity index (χ2n) is 9.58. The lowest BCUT2D eigenvalue weighted by molar-refractivity contribution is -0.142. The van der Waals surface area contributed by atoms with Crippen molar-refractivity contribution >= 4 is 23.4 Å². The Hall–Kier alpha value is -2.37. The first-order chi connectivity index (χ1) is 12.9. The van der Waals surface area contributed by atoms with E-state index in [0.29, 0.717) is 24.3 Å². The Labute approximate surface area is 168 Å². The molecular weight excluding hydrogens is 354 g/mol. The number of carbonyl (C=O) groups excluding carboxylic acids is 3. The van der Waals surface area contributed by atoms with Gasteiger partial charge in [0, 0.05) is 24.0 Å². The highest BCUT2D eigenvalue weighted by atomic mass is 16.2. The molecule has 1 aliphatic heterocycles. The van der Waals surface area contributed by atoms with Crippen molar-refractivity contribution in [1.29, 1.82) is 0 Å². The van der Waals surface area contributed by atoms with Crippen LogP contribution in [-0.2, 0) is 9.59 Å². The van der Waals surface area contributed by atoms with Crippen molar-refractivity contribution in [3.8, 4) is 0 Å². The molecule has 1 atom stereocenters. The zero-order chi connectivity index (χ0) is 21.1. The predicted octanol–water partition coefficient (Wildman–Crippen LogP) is 3.44. The smallest absolute Gasteiger partial charge is 0.253 e. The molecule has 1 saturated heterocycles. The molecule has 0 spiro atoms. The molecule has 1 unspecified atom stereocenters. The van der Waals surface area contributed by atoms with E-state index < -0.39 is 5.41 Å². The second-order valence-corrected chi connectivity index (χ2v) is 9.58. The van der Waals surface area contributed by atoms with Gasteiger partial charge in [-0.05, 0) is 45.7 Å². The van der Waals surface area contributed by atoms with Crippen LogP contribution in [0.1, 0.15) is 64.7 Å². The van der Waals surface area contributed by atoms with Gasteiger partial charge in [-0.2, -0.15) is 0 Å². The Morgan fingerprint density at radius 3 is 2.29 bits per heavy atom. The number of likely N-dealkylation sites (tertiary alicyclic amines) is 1. The van der Waals surface area contributed by atoms with Gasteiger partial charge in [0.05, 0.1) is 17.2 Å². The van der Waals surface area contributed by atoms with Gasteiger partial charge in [-0.25, -0.2) is 0 Å². The minimum atomic E-state index is -0.462. The lowest BCUT2D eigenvalue weighted by Crippen LogP contribution is -2.47. The maximum absolute atomic E-state index is 12.9. The molecule has 1 aromatic carbocycles. The van der Waals surface area contributed by atoms with E-state index in [1.165, 1.54) is 0 Å². The highest BCUT2D eigenvalue weighted by Gasteiger charge is 2.33. The highest BCUT2D eigenvalue weighted by Crippen LogP contribution is 2.25. The quantitative estimate of drug-likeness (QED) is 0.834. The van der Waals surface area contributed by atoms with Gasteiger partial charge in [-0.1, -0.05) is 32.9 Å². The number of nitrogens with one attached hydrogen (secondary N) is 2. The summed E-state index contributed by atoms with van der Waals surface area (Å²) in [5.41, 5.74) is 0.0965. The van der Waals surface area contributed by atoms with Gasteiger partial charge in [0.2, 0.25) is 11.8 Å². The number of benzene rings is 1. The molecule has 0 aliphatic carbocycles. The molecule has 2 rings (SSSR count). The summed E-state index contributed by atoms with van der Waals surface area (Å²) in [6, 6.07) is 7.00. The lowest BCUT2D eigenvalue weighted by atomic mass is 9.91. The zero-order valence-electron chi connectivity index (χ0n) is 17.9. The van der Waals surface area contributed by atoms with E-state index in [-0.39, 0.29) is 29.2 Å². The standard InChI is InChI=1S/C22H33N3O3/c1-21(2,3)20(28)25-13-9-10-15(14-25)18(26)23-17-12-8-7-11-16(17)19(27)24-22(4,5)6/h7-8,11-12,15H,9-10,13-14H2,1-6H3,(H,23,26)(H,24,27). The van der Waals surface area contributed by atoms with Gasteiger partial charge >= 0.3 is 0 Å². The fourth-order valence-corrected chi connectivity index (χ4v) is 3.28. The SMILES string of the molecule is CC(C)(C)NC(=O)c1ccccc1NC(=O)C1CCCN(C(=O)C(C)(C)C)C1.